The van der Waals surface area contributed by atoms with Gasteiger partial charge in [-0.05, 0) is 19.3 Å². The molecule has 1 saturated carbocycles. The van der Waals surface area contributed by atoms with E-state index in [1.54, 1.807) is 11.8 Å². The highest BCUT2D eigenvalue weighted by Crippen LogP contribution is 2.49. The summed E-state index contributed by atoms with van der Waals surface area (Å²) < 4.78 is 0. The van der Waals surface area contributed by atoms with Crippen molar-refractivity contribution in [1.82, 2.24) is 0 Å². The van der Waals surface area contributed by atoms with Crippen LogP contribution in [0.1, 0.15) is 32.6 Å². The van der Waals surface area contributed by atoms with Crippen molar-refractivity contribution < 1.29 is 5.11 Å². The van der Waals surface area contributed by atoms with E-state index in [1.807, 2.05) is 11.8 Å². The zero-order valence-corrected chi connectivity index (χ0v) is 9.09. The highest BCUT2D eigenvalue weighted by molar-refractivity contribution is 8.07. The van der Waals surface area contributed by atoms with Crippen LogP contribution in [0.4, 0.5) is 0 Å². The Hall–Kier alpha value is 0.660. The van der Waals surface area contributed by atoms with Gasteiger partial charge in [0.15, 0.2) is 0 Å². The van der Waals surface area contributed by atoms with Crippen molar-refractivity contribution in [2.75, 3.05) is 5.75 Å². The first-order chi connectivity index (χ1) is 5.71. The van der Waals surface area contributed by atoms with Crippen LogP contribution in [0.2, 0.25) is 0 Å². The van der Waals surface area contributed by atoms with E-state index < -0.39 is 0 Å². The molecule has 0 bridgehead atoms. The SMILES string of the molecule is CC1CSC2(O)CCCCC2S1. The van der Waals surface area contributed by atoms with E-state index >= 15 is 0 Å². The summed E-state index contributed by atoms with van der Waals surface area (Å²) >= 11 is 3.79. The first-order valence-electron chi connectivity index (χ1n) is 4.72. The van der Waals surface area contributed by atoms with Gasteiger partial charge in [-0.25, -0.2) is 0 Å². The minimum Gasteiger partial charge on any atom is -0.378 e. The summed E-state index contributed by atoms with van der Waals surface area (Å²) in [7, 11) is 0. The minimum absolute atomic E-state index is 0.366. The summed E-state index contributed by atoms with van der Waals surface area (Å²) in [6.07, 6.45) is 4.77. The van der Waals surface area contributed by atoms with Crippen molar-refractivity contribution >= 4 is 23.5 Å². The Morgan fingerprint density at radius 1 is 1.42 bits per heavy atom. The molecule has 0 aromatic rings. The van der Waals surface area contributed by atoms with Crippen LogP contribution in [0.15, 0.2) is 0 Å². The zero-order valence-electron chi connectivity index (χ0n) is 7.45. The third-order valence-corrected chi connectivity index (χ3v) is 6.32. The van der Waals surface area contributed by atoms with Crippen molar-refractivity contribution in [2.24, 2.45) is 0 Å². The molecule has 12 heavy (non-hydrogen) atoms. The second-order valence-corrected chi connectivity index (χ2v) is 6.81. The lowest BCUT2D eigenvalue weighted by atomic mass is 9.96. The molecule has 0 radical (unpaired) electrons. The smallest absolute Gasteiger partial charge is 0.122 e. The molecular formula is C9H16OS2. The molecule has 2 rings (SSSR count). The maximum absolute atomic E-state index is 10.3. The highest BCUT2D eigenvalue weighted by atomic mass is 32.2. The van der Waals surface area contributed by atoms with Crippen molar-refractivity contribution in [1.29, 1.82) is 0 Å². The molecule has 3 atom stereocenters. The maximum atomic E-state index is 10.3. The van der Waals surface area contributed by atoms with Gasteiger partial charge in [-0.15, -0.1) is 11.8 Å². The van der Waals surface area contributed by atoms with Crippen molar-refractivity contribution in [2.45, 2.75) is 48.0 Å². The molecule has 0 amide bonds. The first kappa shape index (κ1) is 9.22. The molecule has 1 heterocycles. The number of fused-ring (bicyclic) bond motifs is 1. The van der Waals surface area contributed by atoms with Crippen molar-refractivity contribution in [3.63, 3.8) is 0 Å². The standard InChI is InChI=1S/C9H16OS2/c1-7-6-11-9(10)5-3-2-4-8(9)12-7/h7-8,10H,2-6H2,1H3. The number of rotatable bonds is 0. The van der Waals surface area contributed by atoms with E-state index in [9.17, 15) is 5.11 Å². The molecule has 0 aromatic carbocycles. The van der Waals surface area contributed by atoms with Crippen LogP contribution < -0.4 is 0 Å². The quantitative estimate of drug-likeness (QED) is 0.654. The molecule has 3 heteroatoms. The first-order valence-corrected chi connectivity index (χ1v) is 6.65. The molecule has 1 nitrogen and oxygen atoms in total. The van der Waals surface area contributed by atoms with Crippen molar-refractivity contribution in [3.05, 3.63) is 0 Å². The molecule has 1 saturated heterocycles. The van der Waals surface area contributed by atoms with Gasteiger partial charge < -0.3 is 5.11 Å². The van der Waals surface area contributed by atoms with Crippen LogP contribution in [0, 0.1) is 0 Å². The minimum atomic E-state index is -0.366. The monoisotopic (exact) mass is 204 g/mol. The van der Waals surface area contributed by atoms with E-state index in [0.29, 0.717) is 5.25 Å². The topological polar surface area (TPSA) is 20.2 Å². The van der Waals surface area contributed by atoms with E-state index in [4.69, 9.17) is 0 Å². The van der Waals surface area contributed by atoms with Crippen LogP contribution in [0.25, 0.3) is 0 Å². The molecular weight excluding hydrogens is 188 g/mol. The fraction of sp³-hybridized carbons (Fsp3) is 1.00. The Labute approximate surface area is 82.7 Å². The second-order valence-electron chi connectivity index (χ2n) is 3.84. The van der Waals surface area contributed by atoms with Crippen LogP contribution in [-0.2, 0) is 0 Å². The summed E-state index contributed by atoms with van der Waals surface area (Å²) in [6.45, 7) is 2.27. The third kappa shape index (κ3) is 1.64. The number of thioether (sulfide) groups is 2. The summed E-state index contributed by atoms with van der Waals surface area (Å²) in [5, 5.41) is 11.5. The van der Waals surface area contributed by atoms with E-state index in [-0.39, 0.29) is 4.93 Å². The lowest BCUT2D eigenvalue weighted by Crippen LogP contribution is -2.44. The molecule has 2 fully saturated rings. The van der Waals surface area contributed by atoms with Crippen LogP contribution in [-0.4, -0.2) is 26.3 Å². The lowest BCUT2D eigenvalue weighted by Gasteiger charge is -2.44. The van der Waals surface area contributed by atoms with Crippen LogP contribution >= 0.6 is 23.5 Å². The summed E-state index contributed by atoms with van der Waals surface area (Å²) in [6, 6.07) is 0. The van der Waals surface area contributed by atoms with Crippen LogP contribution in [0.3, 0.4) is 0 Å². The van der Waals surface area contributed by atoms with Gasteiger partial charge in [0.25, 0.3) is 0 Å². The fourth-order valence-corrected chi connectivity index (χ4v) is 5.21. The number of hydrogen-bond donors (Lipinski definition) is 1. The summed E-state index contributed by atoms with van der Waals surface area (Å²) in [5.41, 5.74) is 0. The van der Waals surface area contributed by atoms with E-state index in [0.717, 1.165) is 17.4 Å². The predicted molar refractivity (Wildman–Crippen MR) is 56.7 cm³/mol. The largest absolute Gasteiger partial charge is 0.378 e. The molecule has 1 N–H and O–H groups in total. The van der Waals surface area contributed by atoms with Gasteiger partial charge in [-0.1, -0.05) is 13.3 Å². The molecule has 70 valence electrons. The van der Waals surface area contributed by atoms with Gasteiger partial charge in [0.2, 0.25) is 0 Å². The zero-order chi connectivity index (χ0) is 8.60. The highest BCUT2D eigenvalue weighted by Gasteiger charge is 2.43. The predicted octanol–water partition coefficient (Wildman–Crippen LogP) is 2.49. The second kappa shape index (κ2) is 3.43. The maximum Gasteiger partial charge on any atom is 0.122 e. The molecule has 1 aliphatic heterocycles. The van der Waals surface area contributed by atoms with Gasteiger partial charge in [-0.3, -0.25) is 0 Å². The van der Waals surface area contributed by atoms with Gasteiger partial charge >= 0.3 is 0 Å². The normalized spacial score (nSPS) is 48.5. The summed E-state index contributed by atoms with van der Waals surface area (Å²) in [4.78, 5) is -0.366. The Morgan fingerprint density at radius 2 is 2.25 bits per heavy atom. The van der Waals surface area contributed by atoms with Crippen LogP contribution in [0.5, 0.6) is 0 Å². The lowest BCUT2D eigenvalue weighted by molar-refractivity contribution is 0.1000. The van der Waals surface area contributed by atoms with Gasteiger partial charge in [0.1, 0.15) is 4.93 Å². The van der Waals surface area contributed by atoms with E-state index in [1.165, 1.54) is 19.3 Å². The Bertz CT molecular complexity index is 174. The van der Waals surface area contributed by atoms with E-state index in [2.05, 4.69) is 6.92 Å². The molecule has 0 aromatic heterocycles. The molecule has 2 aliphatic rings. The Balaban J connectivity index is 2.06. The molecule has 3 unspecified atom stereocenters. The molecule has 0 spiro atoms. The average molecular weight is 204 g/mol. The fourth-order valence-electron chi connectivity index (χ4n) is 2.02. The Morgan fingerprint density at radius 3 is 3.08 bits per heavy atom. The summed E-state index contributed by atoms with van der Waals surface area (Å²) in [5.74, 6) is 1.12. The molecule has 1 aliphatic carbocycles. The van der Waals surface area contributed by atoms with Gasteiger partial charge in [0, 0.05) is 16.3 Å². The van der Waals surface area contributed by atoms with Crippen molar-refractivity contribution in [3.8, 4) is 0 Å². The average Bonchev–Trinajstić information content (AvgIpc) is 2.06. The number of hydrogen-bond acceptors (Lipinski definition) is 3. The third-order valence-electron chi connectivity index (χ3n) is 2.72. The number of aliphatic hydroxyl groups is 1. The van der Waals surface area contributed by atoms with Gasteiger partial charge in [0.05, 0.1) is 0 Å². The Kier molecular flexibility index (Phi) is 2.64. The van der Waals surface area contributed by atoms with Gasteiger partial charge in [-0.2, -0.15) is 11.8 Å².